The molecule has 1 aromatic rings. The van der Waals surface area contributed by atoms with Crippen LogP contribution in [-0.4, -0.2) is 32.6 Å². The molecule has 0 aliphatic carbocycles. The third-order valence-electron chi connectivity index (χ3n) is 2.29. The Morgan fingerprint density at radius 1 is 1.56 bits per heavy atom. The number of hydrogen-bond donors (Lipinski definition) is 3. The zero-order valence-electron chi connectivity index (χ0n) is 10.5. The van der Waals surface area contributed by atoms with Gasteiger partial charge in [-0.1, -0.05) is 23.5 Å². The first kappa shape index (κ1) is 14.4. The lowest BCUT2D eigenvalue weighted by Gasteiger charge is -2.12. The van der Waals surface area contributed by atoms with Crippen LogP contribution in [0.2, 0.25) is 0 Å². The molecular weight excluding hydrogens is 254 g/mol. The predicted octanol–water partition coefficient (Wildman–Crippen LogP) is 0.916. The zero-order chi connectivity index (χ0) is 13.7. The molecule has 100 valence electrons. The highest BCUT2D eigenvalue weighted by Gasteiger charge is 2.20. The Labute approximate surface area is 109 Å². The molecule has 1 rings (SSSR count). The summed E-state index contributed by atoms with van der Waals surface area (Å²) in [6.07, 6.45) is 0.283. The van der Waals surface area contributed by atoms with E-state index in [0.29, 0.717) is 10.6 Å². The maximum absolute atomic E-state index is 12.0. The number of amides is 1. The highest BCUT2D eigenvalue weighted by atomic mass is 32.1. The average molecular weight is 271 g/mol. The van der Waals surface area contributed by atoms with Gasteiger partial charge in [0.05, 0.1) is 5.69 Å². The van der Waals surface area contributed by atoms with E-state index in [1.54, 1.807) is 6.92 Å². The van der Waals surface area contributed by atoms with Crippen molar-refractivity contribution in [1.82, 2.24) is 14.9 Å². The number of hydrogen-bond acceptors (Lipinski definition) is 6. The fourth-order valence-corrected chi connectivity index (χ4v) is 2.15. The molecule has 1 heterocycles. The van der Waals surface area contributed by atoms with Crippen LogP contribution in [-0.2, 0) is 0 Å². The summed E-state index contributed by atoms with van der Waals surface area (Å²) in [5.41, 5.74) is 6.06. The molecule has 4 N–H and O–H groups in total. The first-order valence-electron chi connectivity index (χ1n) is 5.55. The van der Waals surface area contributed by atoms with Crippen molar-refractivity contribution in [2.45, 2.75) is 39.2 Å². The molecule has 0 aliphatic heterocycles. The SMILES string of the molecule is CC(CC(N)=NO)NC(=O)c1snnc1C(C)C. The Morgan fingerprint density at radius 2 is 2.22 bits per heavy atom. The standard InChI is InChI=1S/C10H17N5O2S/c1-5(2)8-9(18-15-13-8)10(16)12-6(3)4-7(11)14-17/h5-6,17H,4H2,1-3H3,(H2,11,14)(H,12,16). The molecule has 1 atom stereocenters. The predicted molar refractivity (Wildman–Crippen MR) is 69.0 cm³/mol. The van der Waals surface area contributed by atoms with Crippen LogP contribution in [0.15, 0.2) is 5.16 Å². The van der Waals surface area contributed by atoms with Gasteiger partial charge in [0, 0.05) is 12.5 Å². The van der Waals surface area contributed by atoms with Crippen LogP contribution in [0.5, 0.6) is 0 Å². The Bertz CT molecular complexity index is 443. The number of carbonyl (C=O) groups excluding carboxylic acids is 1. The molecule has 0 fully saturated rings. The lowest BCUT2D eigenvalue weighted by atomic mass is 10.1. The highest BCUT2D eigenvalue weighted by Crippen LogP contribution is 2.19. The van der Waals surface area contributed by atoms with Crippen molar-refractivity contribution in [3.05, 3.63) is 10.6 Å². The summed E-state index contributed by atoms with van der Waals surface area (Å²) < 4.78 is 3.79. The van der Waals surface area contributed by atoms with Gasteiger partial charge in [0.1, 0.15) is 10.7 Å². The van der Waals surface area contributed by atoms with E-state index in [1.807, 2.05) is 13.8 Å². The fraction of sp³-hybridized carbons (Fsp3) is 0.600. The maximum Gasteiger partial charge on any atom is 0.265 e. The van der Waals surface area contributed by atoms with Crippen LogP contribution < -0.4 is 11.1 Å². The molecule has 1 amide bonds. The van der Waals surface area contributed by atoms with Crippen molar-refractivity contribution in [3.63, 3.8) is 0 Å². The van der Waals surface area contributed by atoms with E-state index in [1.165, 1.54) is 0 Å². The van der Waals surface area contributed by atoms with E-state index in [9.17, 15) is 4.79 Å². The van der Waals surface area contributed by atoms with Crippen molar-refractivity contribution in [2.75, 3.05) is 0 Å². The van der Waals surface area contributed by atoms with Crippen molar-refractivity contribution < 1.29 is 10.0 Å². The van der Waals surface area contributed by atoms with Crippen LogP contribution >= 0.6 is 11.5 Å². The second-order valence-electron chi connectivity index (χ2n) is 4.31. The summed E-state index contributed by atoms with van der Waals surface area (Å²) >= 11 is 1.07. The van der Waals surface area contributed by atoms with Crippen LogP contribution in [0.1, 0.15) is 48.5 Å². The maximum atomic E-state index is 12.0. The summed E-state index contributed by atoms with van der Waals surface area (Å²) in [6, 6.07) is -0.226. The van der Waals surface area contributed by atoms with Crippen LogP contribution in [0.4, 0.5) is 0 Å². The Hall–Kier alpha value is -1.70. The van der Waals surface area contributed by atoms with Gasteiger partial charge in [-0.2, -0.15) is 0 Å². The third kappa shape index (κ3) is 3.66. The molecular formula is C10H17N5O2S. The highest BCUT2D eigenvalue weighted by molar-refractivity contribution is 7.08. The molecule has 1 unspecified atom stereocenters. The lowest BCUT2D eigenvalue weighted by molar-refractivity contribution is 0.0943. The second kappa shape index (κ2) is 6.29. The van der Waals surface area contributed by atoms with E-state index >= 15 is 0 Å². The summed E-state index contributed by atoms with van der Waals surface area (Å²) in [6.45, 7) is 5.68. The zero-order valence-corrected chi connectivity index (χ0v) is 11.4. The van der Waals surface area contributed by atoms with Crippen LogP contribution in [0, 0.1) is 0 Å². The van der Waals surface area contributed by atoms with Gasteiger partial charge in [0.15, 0.2) is 0 Å². The number of rotatable bonds is 5. The number of amidine groups is 1. The first-order chi connectivity index (χ1) is 8.45. The number of nitrogens with one attached hydrogen (secondary N) is 1. The summed E-state index contributed by atoms with van der Waals surface area (Å²) in [5.74, 6) is -0.00914. The van der Waals surface area contributed by atoms with Crippen LogP contribution in [0.25, 0.3) is 0 Å². The summed E-state index contributed by atoms with van der Waals surface area (Å²) in [4.78, 5) is 12.5. The minimum absolute atomic E-state index is 0.0781. The first-order valence-corrected chi connectivity index (χ1v) is 6.32. The van der Waals surface area contributed by atoms with Gasteiger partial charge in [-0.3, -0.25) is 4.79 Å². The van der Waals surface area contributed by atoms with E-state index in [-0.39, 0.29) is 30.1 Å². The molecule has 0 spiro atoms. The topological polar surface area (TPSA) is 113 Å². The second-order valence-corrected chi connectivity index (χ2v) is 5.07. The van der Waals surface area contributed by atoms with Crippen LogP contribution in [0.3, 0.4) is 0 Å². The summed E-state index contributed by atoms with van der Waals surface area (Å²) in [7, 11) is 0. The number of nitrogens with two attached hydrogens (primary N) is 1. The number of nitrogens with zero attached hydrogens (tertiary/aromatic N) is 3. The fourth-order valence-electron chi connectivity index (χ4n) is 1.43. The molecule has 0 aliphatic rings. The Kier molecular flexibility index (Phi) is 5.02. The van der Waals surface area contributed by atoms with Gasteiger partial charge >= 0.3 is 0 Å². The van der Waals surface area contributed by atoms with E-state index in [4.69, 9.17) is 10.9 Å². The monoisotopic (exact) mass is 271 g/mol. The molecule has 0 saturated heterocycles. The molecule has 0 saturated carbocycles. The largest absolute Gasteiger partial charge is 0.409 e. The molecule has 0 radical (unpaired) electrons. The van der Waals surface area contributed by atoms with E-state index in [0.717, 1.165) is 11.5 Å². The third-order valence-corrected chi connectivity index (χ3v) is 3.03. The van der Waals surface area contributed by atoms with Gasteiger partial charge in [0.25, 0.3) is 5.91 Å². The molecule has 0 bridgehead atoms. The number of oxime groups is 1. The normalized spacial score (nSPS) is 13.7. The van der Waals surface area contributed by atoms with Crippen molar-refractivity contribution in [2.24, 2.45) is 10.9 Å². The average Bonchev–Trinajstić information content (AvgIpc) is 2.77. The smallest absolute Gasteiger partial charge is 0.265 e. The number of aromatic nitrogens is 2. The summed E-state index contributed by atoms with van der Waals surface area (Å²) in [5, 5.41) is 18.0. The Morgan fingerprint density at radius 3 is 2.78 bits per heavy atom. The molecule has 1 aromatic heterocycles. The van der Waals surface area contributed by atoms with Crippen molar-refractivity contribution in [1.29, 1.82) is 0 Å². The van der Waals surface area contributed by atoms with Gasteiger partial charge < -0.3 is 16.3 Å². The minimum Gasteiger partial charge on any atom is -0.409 e. The molecule has 18 heavy (non-hydrogen) atoms. The quantitative estimate of drug-likeness (QED) is 0.319. The molecule has 7 nitrogen and oxygen atoms in total. The molecule has 0 aromatic carbocycles. The lowest BCUT2D eigenvalue weighted by Crippen LogP contribution is -2.35. The number of carbonyl (C=O) groups is 1. The minimum atomic E-state index is -0.230. The van der Waals surface area contributed by atoms with E-state index in [2.05, 4.69) is 20.1 Å². The van der Waals surface area contributed by atoms with Gasteiger partial charge in [-0.25, -0.2) is 0 Å². The van der Waals surface area contributed by atoms with Gasteiger partial charge in [-0.05, 0) is 24.4 Å². The van der Waals surface area contributed by atoms with Crippen molar-refractivity contribution >= 4 is 23.3 Å². The van der Waals surface area contributed by atoms with E-state index < -0.39 is 0 Å². The molecule has 8 heteroatoms. The van der Waals surface area contributed by atoms with Crippen molar-refractivity contribution in [3.8, 4) is 0 Å². The van der Waals surface area contributed by atoms with Gasteiger partial charge in [0.2, 0.25) is 0 Å². The van der Waals surface area contributed by atoms with Gasteiger partial charge in [-0.15, -0.1) is 5.10 Å². The Balaban J connectivity index is 2.68.